The molecular weight excluding hydrogens is 444 g/mol. The molecule has 4 rings (SSSR count). The van der Waals surface area contributed by atoms with Gasteiger partial charge in [0.15, 0.2) is 5.82 Å². The van der Waals surface area contributed by atoms with Crippen molar-refractivity contribution in [1.82, 2.24) is 14.9 Å². The van der Waals surface area contributed by atoms with Gasteiger partial charge >= 0.3 is 5.97 Å². The van der Waals surface area contributed by atoms with E-state index in [4.69, 9.17) is 10.5 Å². The van der Waals surface area contributed by atoms with Crippen LogP contribution in [0.2, 0.25) is 0 Å². The van der Waals surface area contributed by atoms with E-state index in [1.165, 1.54) is 11.3 Å². The molecule has 0 saturated carbocycles. The van der Waals surface area contributed by atoms with Gasteiger partial charge in [-0.3, -0.25) is 14.5 Å². The normalized spacial score (nSPS) is 15.5. The molecule has 30 heavy (non-hydrogen) atoms. The number of thiophene rings is 2. The number of hydrogen-bond donors (Lipinski definition) is 1. The number of carbonyl (C=O) groups excluding carboxylic acids is 3. The van der Waals surface area contributed by atoms with Crippen molar-refractivity contribution in [3.63, 3.8) is 0 Å². The highest BCUT2D eigenvalue weighted by atomic mass is 32.2. The SMILES string of the molecule is CCOC(=O)c1sc2nc(CN3C(=O)S/C(=C\c4cccs4)C3=O)nc(N)c2c1C. The lowest BCUT2D eigenvalue weighted by atomic mass is 10.2. The molecule has 0 aliphatic carbocycles. The van der Waals surface area contributed by atoms with Gasteiger partial charge in [-0.25, -0.2) is 14.8 Å². The van der Waals surface area contributed by atoms with Gasteiger partial charge in [0, 0.05) is 4.88 Å². The summed E-state index contributed by atoms with van der Waals surface area (Å²) in [6, 6.07) is 3.75. The average Bonchev–Trinajstić information content (AvgIpc) is 3.38. The number of aromatic nitrogens is 2. The molecule has 0 atom stereocenters. The minimum atomic E-state index is -0.441. The number of amides is 2. The largest absolute Gasteiger partial charge is 0.462 e. The van der Waals surface area contributed by atoms with E-state index in [0.29, 0.717) is 25.6 Å². The van der Waals surface area contributed by atoms with Crippen LogP contribution in [0, 0.1) is 6.92 Å². The number of rotatable bonds is 5. The molecule has 1 saturated heterocycles. The molecule has 2 amide bonds. The van der Waals surface area contributed by atoms with Gasteiger partial charge < -0.3 is 10.5 Å². The molecule has 0 spiro atoms. The maximum atomic E-state index is 12.7. The molecule has 154 valence electrons. The molecule has 1 fully saturated rings. The van der Waals surface area contributed by atoms with Crippen LogP contribution >= 0.6 is 34.4 Å². The van der Waals surface area contributed by atoms with Gasteiger partial charge in [0.1, 0.15) is 15.5 Å². The summed E-state index contributed by atoms with van der Waals surface area (Å²) in [6.45, 7) is 3.65. The molecule has 3 aromatic heterocycles. The van der Waals surface area contributed by atoms with E-state index in [-0.39, 0.29) is 30.0 Å². The zero-order chi connectivity index (χ0) is 21.4. The van der Waals surface area contributed by atoms with Crippen LogP contribution in [-0.4, -0.2) is 38.6 Å². The molecule has 1 aliphatic rings. The molecule has 0 radical (unpaired) electrons. The summed E-state index contributed by atoms with van der Waals surface area (Å²) in [5, 5.41) is 2.09. The van der Waals surface area contributed by atoms with E-state index in [0.717, 1.165) is 32.9 Å². The predicted molar refractivity (Wildman–Crippen MR) is 118 cm³/mol. The molecule has 2 N–H and O–H groups in total. The number of fused-ring (bicyclic) bond motifs is 1. The Morgan fingerprint density at radius 2 is 2.13 bits per heavy atom. The number of hydrogen-bond acceptors (Lipinski definition) is 10. The molecule has 1 aliphatic heterocycles. The number of nitrogen functional groups attached to an aromatic ring is 1. The minimum absolute atomic E-state index is 0.0989. The van der Waals surface area contributed by atoms with Gasteiger partial charge in [-0.15, -0.1) is 22.7 Å². The van der Waals surface area contributed by atoms with Crippen LogP contribution in [0.5, 0.6) is 0 Å². The van der Waals surface area contributed by atoms with Gasteiger partial charge in [-0.2, -0.15) is 0 Å². The van der Waals surface area contributed by atoms with Crippen molar-refractivity contribution in [2.45, 2.75) is 20.4 Å². The molecule has 4 heterocycles. The number of nitrogens with zero attached hydrogens (tertiary/aromatic N) is 3. The third-order valence-electron chi connectivity index (χ3n) is 4.31. The minimum Gasteiger partial charge on any atom is -0.462 e. The number of nitrogens with two attached hydrogens (primary N) is 1. The highest BCUT2D eigenvalue weighted by Crippen LogP contribution is 2.36. The lowest BCUT2D eigenvalue weighted by Crippen LogP contribution is -2.28. The van der Waals surface area contributed by atoms with E-state index in [1.807, 2.05) is 17.5 Å². The first-order valence-electron chi connectivity index (χ1n) is 8.90. The van der Waals surface area contributed by atoms with Crippen LogP contribution < -0.4 is 5.73 Å². The Morgan fingerprint density at radius 3 is 2.83 bits per heavy atom. The van der Waals surface area contributed by atoms with Gasteiger partial charge in [-0.1, -0.05) is 6.07 Å². The first kappa shape index (κ1) is 20.5. The fourth-order valence-electron chi connectivity index (χ4n) is 2.96. The van der Waals surface area contributed by atoms with Gasteiger partial charge in [-0.05, 0) is 48.7 Å². The first-order chi connectivity index (χ1) is 14.4. The van der Waals surface area contributed by atoms with Gasteiger partial charge in [0.2, 0.25) is 0 Å². The quantitative estimate of drug-likeness (QED) is 0.448. The smallest absolute Gasteiger partial charge is 0.348 e. The zero-order valence-electron chi connectivity index (χ0n) is 16.0. The van der Waals surface area contributed by atoms with Crippen LogP contribution in [0.1, 0.15) is 32.9 Å². The van der Waals surface area contributed by atoms with Crippen molar-refractivity contribution in [3.8, 4) is 0 Å². The fraction of sp³-hybridized carbons (Fsp3) is 0.211. The Balaban J connectivity index is 1.63. The van der Waals surface area contributed by atoms with Crippen molar-refractivity contribution < 1.29 is 19.1 Å². The van der Waals surface area contributed by atoms with Crippen molar-refractivity contribution in [3.05, 3.63) is 43.6 Å². The van der Waals surface area contributed by atoms with Crippen molar-refractivity contribution in [1.29, 1.82) is 0 Å². The van der Waals surface area contributed by atoms with Crippen LogP contribution in [0.3, 0.4) is 0 Å². The second-order valence-corrected chi connectivity index (χ2v) is 9.24. The number of thioether (sulfide) groups is 1. The predicted octanol–water partition coefficient (Wildman–Crippen LogP) is 4.06. The van der Waals surface area contributed by atoms with Crippen molar-refractivity contribution in [2.24, 2.45) is 0 Å². The second kappa shape index (κ2) is 8.17. The second-order valence-electron chi connectivity index (χ2n) is 6.27. The summed E-state index contributed by atoms with van der Waals surface area (Å²) in [6.07, 6.45) is 1.70. The van der Waals surface area contributed by atoms with Crippen molar-refractivity contribution >= 4 is 73.7 Å². The number of imide groups is 1. The van der Waals surface area contributed by atoms with E-state index >= 15 is 0 Å². The summed E-state index contributed by atoms with van der Waals surface area (Å²) >= 11 is 3.52. The molecule has 3 aromatic rings. The van der Waals surface area contributed by atoms with E-state index in [2.05, 4.69) is 9.97 Å². The number of aryl methyl sites for hydroxylation is 1. The van der Waals surface area contributed by atoms with Gasteiger partial charge in [0.25, 0.3) is 11.1 Å². The van der Waals surface area contributed by atoms with E-state index in [1.54, 1.807) is 19.9 Å². The summed E-state index contributed by atoms with van der Waals surface area (Å²) < 4.78 is 5.08. The lowest BCUT2D eigenvalue weighted by Gasteiger charge is -2.11. The fourth-order valence-corrected chi connectivity index (χ4v) is 5.62. The molecule has 0 unspecified atom stereocenters. The third-order valence-corrected chi connectivity index (χ3v) is 7.21. The number of carbonyl (C=O) groups is 3. The highest BCUT2D eigenvalue weighted by molar-refractivity contribution is 8.18. The Kier molecular flexibility index (Phi) is 5.58. The maximum Gasteiger partial charge on any atom is 0.348 e. The topological polar surface area (TPSA) is 115 Å². The third kappa shape index (κ3) is 3.71. The van der Waals surface area contributed by atoms with Gasteiger partial charge in [0.05, 0.1) is 23.4 Å². The van der Waals surface area contributed by atoms with Crippen LogP contribution in [-0.2, 0) is 16.1 Å². The Labute approximate surface area is 183 Å². The Bertz CT molecular complexity index is 1200. The summed E-state index contributed by atoms with van der Waals surface area (Å²) in [7, 11) is 0. The average molecular weight is 461 g/mol. The van der Waals surface area contributed by atoms with Crippen LogP contribution in [0.15, 0.2) is 22.4 Å². The zero-order valence-corrected chi connectivity index (χ0v) is 18.4. The maximum absolute atomic E-state index is 12.7. The molecular formula is C19H16N4O4S3. The summed E-state index contributed by atoms with van der Waals surface area (Å²) in [5.74, 6) is -0.407. The molecule has 0 aromatic carbocycles. The number of esters is 1. The Hall–Kier alpha value is -2.76. The molecule has 8 nitrogen and oxygen atoms in total. The highest BCUT2D eigenvalue weighted by Gasteiger charge is 2.36. The standard InChI is InChI=1S/C19H16N4O4S3/c1-3-27-18(25)14-9(2)13-15(20)21-12(22-16(13)30-14)8-23-17(24)11(29-19(23)26)7-10-5-4-6-28-10/h4-7H,3,8H2,1-2H3,(H2,20,21,22)/b11-7-. The lowest BCUT2D eigenvalue weighted by molar-refractivity contribution is -0.123. The molecule has 11 heteroatoms. The van der Waals surface area contributed by atoms with Crippen LogP contribution in [0.4, 0.5) is 10.6 Å². The Morgan fingerprint density at radius 1 is 1.33 bits per heavy atom. The monoisotopic (exact) mass is 460 g/mol. The number of ether oxygens (including phenoxy) is 1. The summed E-state index contributed by atoms with van der Waals surface area (Å²) in [5.41, 5.74) is 6.76. The van der Waals surface area contributed by atoms with E-state index in [9.17, 15) is 14.4 Å². The summed E-state index contributed by atoms with van der Waals surface area (Å²) in [4.78, 5) is 49.2. The molecule has 0 bridgehead atoms. The van der Waals surface area contributed by atoms with Crippen LogP contribution in [0.25, 0.3) is 16.3 Å². The van der Waals surface area contributed by atoms with E-state index < -0.39 is 11.9 Å². The van der Waals surface area contributed by atoms with Crippen molar-refractivity contribution in [2.75, 3.05) is 12.3 Å². The first-order valence-corrected chi connectivity index (χ1v) is 11.4. The number of anilines is 1.